The van der Waals surface area contributed by atoms with Crippen molar-refractivity contribution in [2.75, 3.05) is 33.8 Å². The van der Waals surface area contributed by atoms with Crippen LogP contribution in [0.1, 0.15) is 6.42 Å². The van der Waals surface area contributed by atoms with Crippen molar-refractivity contribution in [3.05, 3.63) is 0 Å². The molecule has 0 unspecified atom stereocenters. The molecule has 1 heterocycles. The lowest BCUT2D eigenvalue weighted by atomic mass is 10.4. The van der Waals surface area contributed by atoms with E-state index >= 15 is 0 Å². The van der Waals surface area contributed by atoms with E-state index in [1.165, 1.54) is 0 Å². The second-order valence-corrected chi connectivity index (χ2v) is 3.64. The number of ether oxygens (including phenoxy) is 2. The molecule has 6 nitrogen and oxygen atoms in total. The third-order valence-corrected chi connectivity index (χ3v) is 1.94. The minimum absolute atomic E-state index is 0. The molecule has 94 valence electrons. The van der Waals surface area contributed by atoms with Crippen LogP contribution in [0.2, 0.25) is 0 Å². The molecule has 0 aliphatic carbocycles. The van der Waals surface area contributed by atoms with Gasteiger partial charge >= 0.3 is 12.1 Å². The highest BCUT2D eigenvalue weighted by molar-refractivity contribution is 5.85. The SMILES string of the molecule is CN(C)CCC(=O)OC[C@H]1CNC(=O)O1.Cl. The van der Waals surface area contributed by atoms with Crippen LogP contribution in [0.3, 0.4) is 0 Å². The predicted molar refractivity (Wildman–Crippen MR) is 59.6 cm³/mol. The summed E-state index contributed by atoms with van der Waals surface area (Å²) in [4.78, 5) is 23.7. The van der Waals surface area contributed by atoms with E-state index in [9.17, 15) is 9.59 Å². The van der Waals surface area contributed by atoms with Gasteiger partial charge in [0.15, 0.2) is 6.10 Å². The monoisotopic (exact) mass is 252 g/mol. The largest absolute Gasteiger partial charge is 0.462 e. The second kappa shape index (κ2) is 7.29. The fraction of sp³-hybridized carbons (Fsp3) is 0.778. The minimum atomic E-state index is -0.454. The van der Waals surface area contributed by atoms with Gasteiger partial charge in [-0.1, -0.05) is 0 Å². The number of carbonyl (C=O) groups is 2. The molecule has 0 aromatic carbocycles. The van der Waals surface area contributed by atoms with Crippen LogP contribution < -0.4 is 5.32 Å². The molecular formula is C9H17ClN2O4. The Morgan fingerprint density at radius 2 is 2.31 bits per heavy atom. The Balaban J connectivity index is 0.00000225. The zero-order chi connectivity index (χ0) is 11.3. The molecule has 16 heavy (non-hydrogen) atoms. The van der Waals surface area contributed by atoms with Crippen molar-refractivity contribution in [3.63, 3.8) is 0 Å². The standard InChI is InChI=1S/C9H16N2O4.ClH/c1-11(2)4-3-8(12)14-6-7-5-10-9(13)15-7;/h7H,3-6H2,1-2H3,(H,10,13);1H/t7-;/m1./s1. The number of esters is 1. The fourth-order valence-corrected chi connectivity index (χ4v) is 1.10. The first-order valence-electron chi connectivity index (χ1n) is 4.83. The topological polar surface area (TPSA) is 67.9 Å². The molecule has 0 bridgehead atoms. The van der Waals surface area contributed by atoms with E-state index in [1.807, 2.05) is 19.0 Å². The molecule has 1 saturated heterocycles. The number of alkyl carbamates (subject to hydrolysis) is 1. The number of rotatable bonds is 5. The molecule has 0 saturated carbocycles. The first-order chi connectivity index (χ1) is 7.08. The molecule has 0 radical (unpaired) electrons. The molecule has 1 amide bonds. The van der Waals surface area contributed by atoms with Crippen LogP contribution in [0, 0.1) is 0 Å². The minimum Gasteiger partial charge on any atom is -0.462 e. The smallest absolute Gasteiger partial charge is 0.407 e. The Morgan fingerprint density at radius 3 is 2.81 bits per heavy atom. The highest BCUT2D eigenvalue weighted by Crippen LogP contribution is 2.01. The quantitative estimate of drug-likeness (QED) is 0.699. The number of nitrogens with zero attached hydrogens (tertiary/aromatic N) is 1. The number of cyclic esters (lactones) is 1. The van der Waals surface area contributed by atoms with E-state index in [0.717, 1.165) is 0 Å². The van der Waals surface area contributed by atoms with E-state index in [4.69, 9.17) is 9.47 Å². The average Bonchev–Trinajstić information content (AvgIpc) is 2.58. The third-order valence-electron chi connectivity index (χ3n) is 1.94. The van der Waals surface area contributed by atoms with Gasteiger partial charge in [0.25, 0.3) is 0 Å². The molecule has 0 spiro atoms. The molecule has 0 aromatic rings. The van der Waals surface area contributed by atoms with Crippen LogP contribution in [-0.4, -0.2) is 56.9 Å². The van der Waals surface area contributed by atoms with Gasteiger partial charge < -0.3 is 19.7 Å². The molecular weight excluding hydrogens is 236 g/mol. The van der Waals surface area contributed by atoms with Crippen molar-refractivity contribution in [2.24, 2.45) is 0 Å². The van der Waals surface area contributed by atoms with Crippen molar-refractivity contribution < 1.29 is 19.1 Å². The van der Waals surface area contributed by atoms with E-state index in [2.05, 4.69) is 5.32 Å². The van der Waals surface area contributed by atoms with Crippen molar-refractivity contribution in [1.82, 2.24) is 10.2 Å². The van der Waals surface area contributed by atoms with E-state index in [0.29, 0.717) is 19.5 Å². The van der Waals surface area contributed by atoms with Gasteiger partial charge in [0.2, 0.25) is 0 Å². The lowest BCUT2D eigenvalue weighted by molar-refractivity contribution is -0.146. The summed E-state index contributed by atoms with van der Waals surface area (Å²) in [5.74, 6) is -0.272. The van der Waals surface area contributed by atoms with Gasteiger partial charge in [0.1, 0.15) is 6.61 Å². The third kappa shape index (κ3) is 5.77. The highest BCUT2D eigenvalue weighted by Gasteiger charge is 2.23. The first kappa shape index (κ1) is 15.0. The van der Waals surface area contributed by atoms with Crippen LogP contribution >= 0.6 is 12.4 Å². The highest BCUT2D eigenvalue weighted by atomic mass is 35.5. The van der Waals surface area contributed by atoms with Gasteiger partial charge in [0.05, 0.1) is 13.0 Å². The van der Waals surface area contributed by atoms with Gasteiger partial charge in [-0.25, -0.2) is 4.79 Å². The maximum absolute atomic E-state index is 11.2. The van der Waals surface area contributed by atoms with Crippen LogP contribution in [0.4, 0.5) is 4.79 Å². The summed E-state index contributed by atoms with van der Waals surface area (Å²) in [7, 11) is 3.77. The van der Waals surface area contributed by atoms with E-state index < -0.39 is 6.09 Å². The van der Waals surface area contributed by atoms with Crippen LogP contribution in [0.5, 0.6) is 0 Å². The zero-order valence-corrected chi connectivity index (χ0v) is 10.2. The first-order valence-corrected chi connectivity index (χ1v) is 4.83. The number of halogens is 1. The van der Waals surface area contributed by atoms with Crippen molar-refractivity contribution in [2.45, 2.75) is 12.5 Å². The summed E-state index contributed by atoms with van der Waals surface area (Å²) in [5, 5.41) is 2.48. The average molecular weight is 253 g/mol. The summed E-state index contributed by atoms with van der Waals surface area (Å²) in [5.41, 5.74) is 0. The Bertz CT molecular complexity index is 248. The Kier molecular flexibility index (Phi) is 6.83. The number of hydrogen-bond acceptors (Lipinski definition) is 5. The molecule has 1 aliphatic rings. The van der Waals surface area contributed by atoms with Crippen molar-refractivity contribution in [1.29, 1.82) is 0 Å². The lowest BCUT2D eigenvalue weighted by Gasteiger charge is -2.11. The number of nitrogens with one attached hydrogen (secondary N) is 1. The van der Waals surface area contributed by atoms with Gasteiger partial charge in [-0.05, 0) is 14.1 Å². The summed E-state index contributed by atoms with van der Waals surface area (Å²) in [6, 6.07) is 0. The maximum atomic E-state index is 11.2. The van der Waals surface area contributed by atoms with Gasteiger partial charge in [0, 0.05) is 6.54 Å². The zero-order valence-electron chi connectivity index (χ0n) is 9.39. The maximum Gasteiger partial charge on any atom is 0.407 e. The molecule has 1 fully saturated rings. The second-order valence-electron chi connectivity index (χ2n) is 3.64. The van der Waals surface area contributed by atoms with Gasteiger partial charge in [-0.2, -0.15) is 0 Å². The van der Waals surface area contributed by atoms with E-state index in [-0.39, 0.29) is 31.1 Å². The summed E-state index contributed by atoms with van der Waals surface area (Å²) in [6.07, 6.45) is -0.452. The molecule has 0 aromatic heterocycles. The Labute approximate surface area is 101 Å². The summed E-state index contributed by atoms with van der Waals surface area (Å²) < 4.78 is 9.74. The molecule has 1 rings (SSSR count). The molecule has 1 aliphatic heterocycles. The fourth-order valence-electron chi connectivity index (χ4n) is 1.10. The number of amides is 1. The number of carbonyl (C=O) groups excluding carboxylic acids is 2. The van der Waals surface area contributed by atoms with Gasteiger partial charge in [-0.15, -0.1) is 12.4 Å². The van der Waals surface area contributed by atoms with Crippen molar-refractivity contribution >= 4 is 24.5 Å². The Morgan fingerprint density at radius 1 is 1.62 bits per heavy atom. The van der Waals surface area contributed by atoms with Crippen molar-refractivity contribution in [3.8, 4) is 0 Å². The summed E-state index contributed by atoms with van der Waals surface area (Å²) >= 11 is 0. The van der Waals surface area contributed by atoms with Gasteiger partial charge in [-0.3, -0.25) is 4.79 Å². The van der Waals surface area contributed by atoms with Crippen LogP contribution in [0.15, 0.2) is 0 Å². The summed E-state index contributed by atoms with van der Waals surface area (Å²) in [6.45, 7) is 1.19. The molecule has 1 atom stereocenters. The molecule has 7 heteroatoms. The van der Waals surface area contributed by atoms with E-state index in [1.54, 1.807) is 0 Å². The van der Waals surface area contributed by atoms with Crippen LogP contribution in [0.25, 0.3) is 0 Å². The number of hydrogen-bond donors (Lipinski definition) is 1. The predicted octanol–water partition coefficient (Wildman–Crippen LogP) is 0.0115. The Hall–Kier alpha value is -1.01. The lowest BCUT2D eigenvalue weighted by Crippen LogP contribution is -2.24. The normalized spacial score (nSPS) is 18.7. The molecule has 1 N–H and O–H groups in total. The van der Waals surface area contributed by atoms with Crippen LogP contribution in [-0.2, 0) is 14.3 Å².